The Morgan fingerprint density at radius 3 is 2.57 bits per heavy atom. The highest BCUT2D eigenvalue weighted by Crippen LogP contribution is 2.32. The van der Waals surface area contributed by atoms with Crippen LogP contribution in [0.5, 0.6) is 0 Å². The van der Waals surface area contributed by atoms with Crippen molar-refractivity contribution in [2.75, 3.05) is 0 Å². The summed E-state index contributed by atoms with van der Waals surface area (Å²) >= 11 is 6.23. The Bertz CT molecular complexity index is 1250. The maximum atomic E-state index is 13.1. The molecule has 4 rings (SSSR count). The van der Waals surface area contributed by atoms with Crippen LogP contribution in [0.3, 0.4) is 0 Å². The molecule has 2 aromatic carbocycles. The van der Waals surface area contributed by atoms with E-state index < -0.39 is 5.78 Å². The second kappa shape index (κ2) is 7.33. The van der Waals surface area contributed by atoms with Crippen LogP contribution in [0.2, 0.25) is 5.02 Å². The Labute approximate surface area is 166 Å². The number of aryl methyl sites for hydroxylation is 1. The van der Waals surface area contributed by atoms with Gasteiger partial charge in [-0.25, -0.2) is 0 Å². The SMILES string of the molecule is Cn1c(=O)c(C(=O)/C=C/c2ccco2)c(-c2ccccc2)c2cc(Cl)ccc21. The van der Waals surface area contributed by atoms with Crippen molar-refractivity contribution >= 4 is 34.4 Å². The second-order valence-electron chi connectivity index (χ2n) is 6.35. The van der Waals surface area contributed by atoms with Crippen LogP contribution >= 0.6 is 11.6 Å². The average Bonchev–Trinajstić information content (AvgIpc) is 3.23. The minimum absolute atomic E-state index is 0.103. The normalized spacial score (nSPS) is 11.4. The van der Waals surface area contributed by atoms with Crippen molar-refractivity contribution in [3.05, 3.63) is 99.7 Å². The van der Waals surface area contributed by atoms with Crippen molar-refractivity contribution in [2.45, 2.75) is 0 Å². The molecule has 4 aromatic rings. The van der Waals surface area contributed by atoms with Gasteiger partial charge in [0.05, 0.1) is 17.3 Å². The van der Waals surface area contributed by atoms with Gasteiger partial charge in [0.1, 0.15) is 5.76 Å². The average molecular weight is 390 g/mol. The van der Waals surface area contributed by atoms with Crippen LogP contribution < -0.4 is 5.56 Å². The van der Waals surface area contributed by atoms with Gasteiger partial charge < -0.3 is 8.98 Å². The summed E-state index contributed by atoms with van der Waals surface area (Å²) < 4.78 is 6.71. The molecule has 0 amide bonds. The standard InChI is InChI=1S/C23H16ClNO3/c1-25-19-11-9-16(24)14-18(19)21(15-6-3-2-4-7-15)22(23(25)27)20(26)12-10-17-8-5-13-28-17/h2-14H,1H3/b12-10+. The predicted molar refractivity (Wildman–Crippen MR) is 112 cm³/mol. The number of furan rings is 1. The molecule has 2 aromatic heterocycles. The lowest BCUT2D eigenvalue weighted by Crippen LogP contribution is -2.25. The van der Waals surface area contributed by atoms with Gasteiger partial charge in [-0.1, -0.05) is 41.9 Å². The molecule has 0 spiro atoms. The first-order chi connectivity index (χ1) is 13.6. The third kappa shape index (κ3) is 3.19. The van der Waals surface area contributed by atoms with E-state index in [4.69, 9.17) is 16.0 Å². The van der Waals surface area contributed by atoms with E-state index in [1.54, 1.807) is 43.5 Å². The van der Waals surface area contributed by atoms with Crippen molar-refractivity contribution in [3.8, 4) is 11.1 Å². The summed E-state index contributed by atoms with van der Waals surface area (Å²) in [4.78, 5) is 26.2. The minimum Gasteiger partial charge on any atom is -0.465 e. The quantitative estimate of drug-likeness (QED) is 0.349. The number of nitrogens with zero attached hydrogens (tertiary/aromatic N) is 1. The Morgan fingerprint density at radius 2 is 1.86 bits per heavy atom. The molecule has 0 unspecified atom stereocenters. The summed E-state index contributed by atoms with van der Waals surface area (Å²) in [5, 5.41) is 1.28. The molecule has 0 aliphatic rings. The molecule has 0 N–H and O–H groups in total. The summed E-state index contributed by atoms with van der Waals surface area (Å²) in [5.41, 5.74) is 1.81. The van der Waals surface area contributed by atoms with Crippen LogP contribution in [-0.4, -0.2) is 10.4 Å². The van der Waals surface area contributed by atoms with Crippen molar-refractivity contribution in [2.24, 2.45) is 7.05 Å². The van der Waals surface area contributed by atoms with E-state index in [0.29, 0.717) is 21.9 Å². The van der Waals surface area contributed by atoms with Crippen LogP contribution in [0, 0.1) is 0 Å². The number of carbonyl (C=O) groups is 1. The number of carbonyl (C=O) groups excluding carboxylic acids is 1. The van der Waals surface area contributed by atoms with E-state index >= 15 is 0 Å². The van der Waals surface area contributed by atoms with E-state index in [0.717, 1.165) is 10.9 Å². The number of allylic oxidation sites excluding steroid dienone is 1. The molecule has 0 saturated carbocycles. The van der Waals surface area contributed by atoms with Gasteiger partial charge in [-0.3, -0.25) is 9.59 Å². The zero-order chi connectivity index (χ0) is 19.7. The molecule has 5 heteroatoms. The number of benzene rings is 2. The molecule has 0 aliphatic heterocycles. The summed E-state index contributed by atoms with van der Waals surface area (Å²) in [6, 6.07) is 18.2. The Morgan fingerprint density at radius 1 is 1.07 bits per heavy atom. The van der Waals surface area contributed by atoms with E-state index in [1.807, 2.05) is 30.3 Å². The van der Waals surface area contributed by atoms with Crippen molar-refractivity contribution in [1.82, 2.24) is 4.57 Å². The van der Waals surface area contributed by atoms with Gasteiger partial charge in [0.15, 0.2) is 5.78 Å². The minimum atomic E-state index is -0.391. The number of hydrogen-bond donors (Lipinski definition) is 0. The summed E-state index contributed by atoms with van der Waals surface area (Å²) in [5.74, 6) is 0.146. The molecule has 0 saturated heterocycles. The highest BCUT2D eigenvalue weighted by Gasteiger charge is 2.21. The first-order valence-corrected chi connectivity index (χ1v) is 9.07. The third-order valence-corrected chi connectivity index (χ3v) is 4.84. The second-order valence-corrected chi connectivity index (χ2v) is 6.79. The van der Waals surface area contributed by atoms with E-state index in [9.17, 15) is 9.59 Å². The van der Waals surface area contributed by atoms with Gasteiger partial charge in [-0.15, -0.1) is 0 Å². The topological polar surface area (TPSA) is 52.2 Å². The van der Waals surface area contributed by atoms with Crippen LogP contribution in [0.4, 0.5) is 0 Å². The summed E-state index contributed by atoms with van der Waals surface area (Å²) in [6.07, 6.45) is 4.44. The lowest BCUT2D eigenvalue weighted by Gasteiger charge is -2.15. The van der Waals surface area contributed by atoms with E-state index in [2.05, 4.69) is 0 Å². The Hall–Kier alpha value is -3.37. The van der Waals surface area contributed by atoms with E-state index in [1.165, 1.54) is 16.9 Å². The third-order valence-electron chi connectivity index (χ3n) is 4.61. The molecular formula is C23H16ClNO3. The number of halogens is 1. The summed E-state index contributed by atoms with van der Waals surface area (Å²) in [7, 11) is 1.65. The lowest BCUT2D eigenvalue weighted by molar-refractivity contribution is 0.104. The number of rotatable bonds is 4. The fraction of sp³-hybridized carbons (Fsp3) is 0.0435. The Balaban J connectivity index is 2.03. The number of fused-ring (bicyclic) bond motifs is 1. The molecule has 2 heterocycles. The molecular weight excluding hydrogens is 374 g/mol. The molecule has 0 fully saturated rings. The maximum absolute atomic E-state index is 13.1. The van der Waals surface area contributed by atoms with Gasteiger partial charge in [0.2, 0.25) is 0 Å². The number of pyridine rings is 1. The van der Waals surface area contributed by atoms with Crippen LogP contribution in [0.25, 0.3) is 28.1 Å². The first kappa shape index (κ1) is 18.0. The molecule has 4 nitrogen and oxygen atoms in total. The monoisotopic (exact) mass is 389 g/mol. The van der Waals surface area contributed by atoms with Gasteiger partial charge in [0, 0.05) is 23.0 Å². The van der Waals surface area contributed by atoms with Crippen molar-refractivity contribution in [3.63, 3.8) is 0 Å². The number of aromatic nitrogens is 1. The molecule has 138 valence electrons. The van der Waals surface area contributed by atoms with Gasteiger partial charge >= 0.3 is 0 Å². The summed E-state index contributed by atoms with van der Waals surface area (Å²) in [6.45, 7) is 0. The molecule has 0 bridgehead atoms. The van der Waals surface area contributed by atoms with Crippen LogP contribution in [0.1, 0.15) is 16.1 Å². The van der Waals surface area contributed by atoms with Gasteiger partial charge in [-0.2, -0.15) is 0 Å². The molecule has 0 aliphatic carbocycles. The fourth-order valence-corrected chi connectivity index (χ4v) is 3.45. The number of ketones is 1. The largest absolute Gasteiger partial charge is 0.465 e. The van der Waals surface area contributed by atoms with Crippen LogP contribution in [0.15, 0.2) is 82.2 Å². The van der Waals surface area contributed by atoms with E-state index in [-0.39, 0.29) is 11.1 Å². The van der Waals surface area contributed by atoms with Crippen molar-refractivity contribution < 1.29 is 9.21 Å². The number of hydrogen-bond acceptors (Lipinski definition) is 3. The highest BCUT2D eigenvalue weighted by atomic mass is 35.5. The predicted octanol–water partition coefficient (Wildman–Crippen LogP) is 5.35. The maximum Gasteiger partial charge on any atom is 0.262 e. The zero-order valence-electron chi connectivity index (χ0n) is 15.1. The lowest BCUT2D eigenvalue weighted by atomic mass is 9.93. The highest BCUT2D eigenvalue weighted by molar-refractivity contribution is 6.31. The molecule has 28 heavy (non-hydrogen) atoms. The van der Waals surface area contributed by atoms with Gasteiger partial charge in [0.25, 0.3) is 5.56 Å². The van der Waals surface area contributed by atoms with Crippen molar-refractivity contribution in [1.29, 1.82) is 0 Å². The zero-order valence-corrected chi connectivity index (χ0v) is 15.8. The molecule has 0 radical (unpaired) electrons. The van der Waals surface area contributed by atoms with Crippen LogP contribution in [-0.2, 0) is 7.05 Å². The molecule has 0 atom stereocenters. The fourth-order valence-electron chi connectivity index (χ4n) is 3.28. The van der Waals surface area contributed by atoms with Gasteiger partial charge in [-0.05, 0) is 48.0 Å². The first-order valence-electron chi connectivity index (χ1n) is 8.70. The smallest absolute Gasteiger partial charge is 0.262 e. The Kier molecular flexibility index (Phi) is 4.72.